The molecule has 0 spiro atoms. The van der Waals surface area contributed by atoms with Gasteiger partial charge in [0.1, 0.15) is 42.7 Å². The molecule has 2 rings (SSSR count). The number of aliphatic hydroxyl groups excluding tert-OH is 6. The molecule has 28 heavy (non-hydrogen) atoms. The highest BCUT2D eigenvalue weighted by atomic mass is 16.8. The van der Waals surface area contributed by atoms with Crippen molar-refractivity contribution < 1.29 is 49.6 Å². The van der Waals surface area contributed by atoms with Crippen LogP contribution in [-0.4, -0.2) is 111 Å². The van der Waals surface area contributed by atoms with Crippen molar-refractivity contribution in [3.63, 3.8) is 0 Å². The maximum Gasteiger partial charge on any atom is 0.197 e. The smallest absolute Gasteiger partial charge is 0.197 e. The summed E-state index contributed by atoms with van der Waals surface area (Å²) in [5.74, 6) is -1.70. The SMILES string of the molecule is CCCCOC1C(O)[C@H](O)C(CO)O[C@]1(C)O[C@H]1O[C@H](CO)[C@@H](O)C(O)C1N. The lowest BCUT2D eigenvalue weighted by Gasteiger charge is -2.51. The highest BCUT2D eigenvalue weighted by Gasteiger charge is 2.56. The molecule has 11 nitrogen and oxygen atoms in total. The van der Waals surface area contributed by atoms with E-state index in [4.69, 9.17) is 24.7 Å². The van der Waals surface area contributed by atoms with Crippen molar-refractivity contribution in [2.24, 2.45) is 5.73 Å². The number of nitrogens with two attached hydrogens (primary N) is 1. The van der Waals surface area contributed by atoms with E-state index in [2.05, 4.69) is 0 Å². The van der Waals surface area contributed by atoms with Crippen molar-refractivity contribution in [1.82, 2.24) is 0 Å². The minimum absolute atomic E-state index is 0.259. The molecule has 0 aliphatic carbocycles. The molecule has 0 amide bonds. The van der Waals surface area contributed by atoms with Crippen molar-refractivity contribution >= 4 is 0 Å². The lowest BCUT2D eigenvalue weighted by atomic mass is 9.92. The maximum atomic E-state index is 10.5. The van der Waals surface area contributed by atoms with E-state index in [1.807, 2.05) is 6.92 Å². The summed E-state index contributed by atoms with van der Waals surface area (Å²) in [6.07, 6.45) is -8.93. The normalized spacial score (nSPS) is 47.2. The third kappa shape index (κ3) is 4.82. The van der Waals surface area contributed by atoms with Gasteiger partial charge in [0, 0.05) is 6.61 Å². The fourth-order valence-electron chi connectivity index (χ4n) is 3.43. The van der Waals surface area contributed by atoms with E-state index < -0.39 is 74.1 Å². The summed E-state index contributed by atoms with van der Waals surface area (Å²) in [5.41, 5.74) is 5.90. The average Bonchev–Trinajstić information content (AvgIpc) is 2.68. The Bertz CT molecular complexity index is 483. The van der Waals surface area contributed by atoms with Gasteiger partial charge in [-0.05, 0) is 13.3 Å². The molecule has 2 fully saturated rings. The molecular formula is C17H33NO10. The van der Waals surface area contributed by atoms with Crippen LogP contribution in [0.2, 0.25) is 0 Å². The topological polar surface area (TPSA) is 184 Å². The van der Waals surface area contributed by atoms with Gasteiger partial charge in [0.2, 0.25) is 0 Å². The molecule has 8 N–H and O–H groups in total. The third-order valence-electron chi connectivity index (χ3n) is 5.20. The second kappa shape index (κ2) is 10.0. The van der Waals surface area contributed by atoms with Gasteiger partial charge in [0.25, 0.3) is 0 Å². The van der Waals surface area contributed by atoms with Crippen LogP contribution >= 0.6 is 0 Å². The monoisotopic (exact) mass is 411 g/mol. The first kappa shape index (κ1) is 23.8. The molecule has 166 valence electrons. The molecular weight excluding hydrogens is 378 g/mol. The second-order valence-electron chi connectivity index (χ2n) is 7.38. The highest BCUT2D eigenvalue weighted by molar-refractivity contribution is 4.98. The Hall–Kier alpha value is -0.440. The van der Waals surface area contributed by atoms with Gasteiger partial charge in [-0.1, -0.05) is 13.3 Å². The van der Waals surface area contributed by atoms with E-state index in [1.165, 1.54) is 6.92 Å². The number of hydrogen-bond donors (Lipinski definition) is 7. The fourth-order valence-corrected chi connectivity index (χ4v) is 3.43. The number of ether oxygens (including phenoxy) is 4. The zero-order valence-corrected chi connectivity index (χ0v) is 16.1. The molecule has 0 saturated carbocycles. The number of unbranched alkanes of at least 4 members (excludes halogenated alkanes) is 1. The van der Waals surface area contributed by atoms with Crippen molar-refractivity contribution in [1.29, 1.82) is 0 Å². The number of rotatable bonds is 8. The zero-order chi connectivity index (χ0) is 21.1. The van der Waals surface area contributed by atoms with Gasteiger partial charge in [0.05, 0.1) is 19.3 Å². The minimum atomic E-state index is -1.70. The van der Waals surface area contributed by atoms with Crippen molar-refractivity contribution in [3.8, 4) is 0 Å². The zero-order valence-electron chi connectivity index (χ0n) is 16.1. The summed E-state index contributed by atoms with van der Waals surface area (Å²) >= 11 is 0. The van der Waals surface area contributed by atoms with E-state index in [1.54, 1.807) is 0 Å². The summed E-state index contributed by atoms with van der Waals surface area (Å²) in [6.45, 7) is 2.48. The van der Waals surface area contributed by atoms with Gasteiger partial charge < -0.3 is 55.3 Å². The molecule has 11 heteroatoms. The average molecular weight is 411 g/mol. The molecule has 2 aliphatic rings. The molecule has 0 aromatic rings. The summed E-state index contributed by atoms with van der Waals surface area (Å²) < 4.78 is 22.6. The summed E-state index contributed by atoms with van der Waals surface area (Å²) in [5, 5.41) is 59.5. The largest absolute Gasteiger partial charge is 0.394 e. The lowest BCUT2D eigenvalue weighted by Crippen LogP contribution is -2.69. The molecule has 0 radical (unpaired) electrons. The molecule has 0 aromatic heterocycles. The van der Waals surface area contributed by atoms with E-state index in [0.29, 0.717) is 6.42 Å². The van der Waals surface area contributed by atoms with Crippen LogP contribution in [0.4, 0.5) is 0 Å². The first-order valence-corrected chi connectivity index (χ1v) is 9.52. The Kier molecular flexibility index (Phi) is 8.55. The van der Waals surface area contributed by atoms with Gasteiger partial charge in [-0.2, -0.15) is 0 Å². The standard InChI is InChI=1S/C17H33NO10/c1-3-4-5-25-15-14(24)12(22)9(7-20)27-17(15,2)28-16-10(18)13(23)11(21)8(6-19)26-16/h8-16,19-24H,3-7,18H2,1-2H3/t8-,9?,10?,11-,12-,13?,14?,15?,16-,17-/m1/s1. The quantitative estimate of drug-likeness (QED) is 0.199. The van der Waals surface area contributed by atoms with E-state index in [-0.39, 0.29) is 6.61 Å². The van der Waals surface area contributed by atoms with Crippen molar-refractivity contribution in [2.75, 3.05) is 19.8 Å². The maximum absolute atomic E-state index is 10.5. The Balaban J connectivity index is 2.23. The fraction of sp³-hybridized carbons (Fsp3) is 1.00. The van der Waals surface area contributed by atoms with Gasteiger partial charge in [-0.25, -0.2) is 0 Å². The van der Waals surface area contributed by atoms with Crippen LogP contribution in [0.5, 0.6) is 0 Å². The molecule has 0 aromatic carbocycles. The number of hydrogen-bond acceptors (Lipinski definition) is 11. The molecule has 2 heterocycles. The Morgan fingerprint density at radius 2 is 1.57 bits per heavy atom. The number of aliphatic hydroxyl groups is 6. The second-order valence-corrected chi connectivity index (χ2v) is 7.38. The van der Waals surface area contributed by atoms with E-state index >= 15 is 0 Å². The Morgan fingerprint density at radius 1 is 0.964 bits per heavy atom. The molecule has 0 bridgehead atoms. The van der Waals surface area contributed by atoms with Crippen LogP contribution in [0.1, 0.15) is 26.7 Å². The van der Waals surface area contributed by atoms with Gasteiger partial charge in [0.15, 0.2) is 12.1 Å². The first-order chi connectivity index (χ1) is 13.2. The molecule has 2 aliphatic heterocycles. The summed E-state index contributed by atoms with van der Waals surface area (Å²) in [7, 11) is 0. The van der Waals surface area contributed by atoms with E-state index in [9.17, 15) is 30.6 Å². The third-order valence-corrected chi connectivity index (χ3v) is 5.20. The van der Waals surface area contributed by atoms with Crippen LogP contribution in [0.15, 0.2) is 0 Å². The Labute approximate surface area is 163 Å². The van der Waals surface area contributed by atoms with Crippen molar-refractivity contribution in [2.45, 2.75) is 87.5 Å². The van der Waals surface area contributed by atoms with E-state index in [0.717, 1.165) is 6.42 Å². The van der Waals surface area contributed by atoms with Crippen LogP contribution in [-0.2, 0) is 18.9 Å². The molecule has 2 saturated heterocycles. The lowest BCUT2D eigenvalue weighted by molar-refractivity contribution is -0.410. The van der Waals surface area contributed by atoms with Crippen LogP contribution in [0.25, 0.3) is 0 Å². The molecule has 10 atom stereocenters. The predicted octanol–water partition coefficient (Wildman–Crippen LogP) is -3.22. The first-order valence-electron chi connectivity index (χ1n) is 9.52. The summed E-state index contributed by atoms with van der Waals surface area (Å²) in [6, 6.07) is -1.19. The van der Waals surface area contributed by atoms with Crippen LogP contribution in [0.3, 0.4) is 0 Å². The minimum Gasteiger partial charge on any atom is -0.394 e. The van der Waals surface area contributed by atoms with Gasteiger partial charge in [-0.15, -0.1) is 0 Å². The summed E-state index contributed by atoms with van der Waals surface area (Å²) in [4.78, 5) is 0. The van der Waals surface area contributed by atoms with Gasteiger partial charge in [-0.3, -0.25) is 0 Å². The Morgan fingerprint density at radius 3 is 2.14 bits per heavy atom. The van der Waals surface area contributed by atoms with Crippen molar-refractivity contribution in [3.05, 3.63) is 0 Å². The van der Waals surface area contributed by atoms with Gasteiger partial charge >= 0.3 is 0 Å². The van der Waals surface area contributed by atoms with Crippen LogP contribution < -0.4 is 5.73 Å². The highest BCUT2D eigenvalue weighted by Crippen LogP contribution is 2.36. The van der Waals surface area contributed by atoms with Crippen LogP contribution in [0, 0.1) is 0 Å². The molecule has 5 unspecified atom stereocenters. The predicted molar refractivity (Wildman–Crippen MR) is 93.8 cm³/mol.